The van der Waals surface area contributed by atoms with Gasteiger partial charge in [-0.3, -0.25) is 4.79 Å². The third kappa shape index (κ3) is 2.16. The van der Waals surface area contributed by atoms with Crippen molar-refractivity contribution in [3.8, 4) is 5.88 Å². The molecule has 0 radical (unpaired) electrons. The Bertz CT molecular complexity index is 564. The number of amides is 1. The van der Waals surface area contributed by atoms with Crippen molar-refractivity contribution in [2.45, 2.75) is 33.6 Å². The molecule has 19 heavy (non-hydrogen) atoms. The molecular weight excluding hydrogens is 242 g/mol. The molecule has 1 aromatic heterocycles. The van der Waals surface area contributed by atoms with E-state index in [-0.39, 0.29) is 5.92 Å². The molecular formula is C14H19N3O2. The van der Waals surface area contributed by atoms with Crippen LogP contribution in [0.5, 0.6) is 5.88 Å². The van der Waals surface area contributed by atoms with Crippen molar-refractivity contribution in [1.82, 2.24) is 4.98 Å². The van der Waals surface area contributed by atoms with Gasteiger partial charge in [-0.2, -0.15) is 0 Å². The minimum absolute atomic E-state index is 0.123. The topological polar surface area (TPSA) is 77.2 Å². The first-order chi connectivity index (χ1) is 8.97. The van der Waals surface area contributed by atoms with Crippen LogP contribution in [0.4, 0.5) is 5.69 Å². The van der Waals surface area contributed by atoms with Crippen LogP contribution in [0.3, 0.4) is 0 Å². The monoisotopic (exact) mass is 261 g/mol. The maximum Gasteiger partial charge on any atom is 0.246 e. The van der Waals surface area contributed by atoms with Gasteiger partial charge in [0.1, 0.15) is 0 Å². The van der Waals surface area contributed by atoms with E-state index in [0.717, 1.165) is 22.5 Å². The summed E-state index contributed by atoms with van der Waals surface area (Å²) in [5, 5.41) is 3.25. The maximum absolute atomic E-state index is 11.6. The normalized spacial score (nSPS) is 17.8. The highest BCUT2D eigenvalue weighted by molar-refractivity contribution is 5.96. The highest BCUT2D eigenvalue weighted by atomic mass is 16.5. The average molecular weight is 261 g/mol. The number of rotatable bonds is 3. The first-order valence-electron chi connectivity index (χ1n) is 6.37. The van der Waals surface area contributed by atoms with Crippen LogP contribution in [0, 0.1) is 6.92 Å². The molecule has 1 amide bonds. The third-order valence-electron chi connectivity index (χ3n) is 3.40. The van der Waals surface area contributed by atoms with Crippen LogP contribution in [0.2, 0.25) is 0 Å². The Morgan fingerprint density at radius 1 is 1.53 bits per heavy atom. The average Bonchev–Trinajstić information content (AvgIpc) is 2.32. The number of carbonyl (C=O) groups excluding carboxylic acids is 1. The molecule has 0 bridgehead atoms. The molecule has 1 unspecified atom stereocenters. The van der Waals surface area contributed by atoms with Gasteiger partial charge in [0.15, 0.2) is 0 Å². The highest BCUT2D eigenvalue weighted by Crippen LogP contribution is 2.42. The number of carbonyl (C=O) groups is 1. The van der Waals surface area contributed by atoms with E-state index in [2.05, 4.69) is 10.3 Å². The first-order valence-corrected chi connectivity index (χ1v) is 6.37. The Balaban J connectivity index is 2.61. The van der Waals surface area contributed by atoms with Crippen LogP contribution in [-0.4, -0.2) is 17.5 Å². The number of nitrogens with zero attached hydrogens (tertiary/aromatic N) is 1. The molecule has 2 rings (SSSR count). The van der Waals surface area contributed by atoms with Gasteiger partial charge in [0, 0.05) is 28.9 Å². The molecule has 1 aromatic rings. The van der Waals surface area contributed by atoms with Crippen molar-refractivity contribution in [3.05, 3.63) is 28.6 Å². The number of nitrogens with one attached hydrogen (secondary N) is 1. The van der Waals surface area contributed by atoms with E-state index in [4.69, 9.17) is 10.5 Å². The zero-order valence-corrected chi connectivity index (χ0v) is 11.7. The lowest BCUT2D eigenvalue weighted by atomic mass is 9.86. The second-order valence-corrected chi connectivity index (χ2v) is 4.72. The Morgan fingerprint density at radius 3 is 2.79 bits per heavy atom. The molecule has 0 fully saturated rings. The van der Waals surface area contributed by atoms with Gasteiger partial charge in [-0.05, 0) is 26.3 Å². The Labute approximate surface area is 112 Å². The fraction of sp³-hybridized carbons (Fsp3) is 0.429. The fourth-order valence-corrected chi connectivity index (χ4v) is 2.55. The summed E-state index contributed by atoms with van der Waals surface area (Å²) >= 11 is 0. The van der Waals surface area contributed by atoms with E-state index in [9.17, 15) is 4.79 Å². The first kappa shape index (κ1) is 13.4. The molecule has 102 valence electrons. The minimum Gasteiger partial charge on any atom is -0.478 e. The molecule has 0 aromatic carbocycles. The zero-order valence-electron chi connectivity index (χ0n) is 11.7. The SMILES string of the molecule is CCOc1ncc(C)c2c1C(C)C(C(N)=O)=C(C)N2. The van der Waals surface area contributed by atoms with Gasteiger partial charge in [0.2, 0.25) is 11.8 Å². The number of fused-ring (bicyclic) bond motifs is 1. The summed E-state index contributed by atoms with van der Waals surface area (Å²) in [5.74, 6) is 0.0316. The summed E-state index contributed by atoms with van der Waals surface area (Å²) in [5.41, 5.74) is 9.74. The molecule has 3 N–H and O–H groups in total. The Morgan fingerprint density at radius 2 is 2.21 bits per heavy atom. The number of hydrogen-bond donors (Lipinski definition) is 2. The number of anilines is 1. The van der Waals surface area contributed by atoms with Gasteiger partial charge in [-0.25, -0.2) is 4.98 Å². The van der Waals surface area contributed by atoms with Gasteiger partial charge >= 0.3 is 0 Å². The number of primary amides is 1. The number of allylic oxidation sites excluding steroid dienone is 1. The molecule has 0 spiro atoms. The predicted octanol–water partition coefficient (Wildman–Crippen LogP) is 2.08. The van der Waals surface area contributed by atoms with E-state index in [1.165, 1.54) is 0 Å². The summed E-state index contributed by atoms with van der Waals surface area (Å²) in [4.78, 5) is 15.9. The summed E-state index contributed by atoms with van der Waals surface area (Å²) < 4.78 is 5.57. The molecule has 5 nitrogen and oxygen atoms in total. The van der Waals surface area contributed by atoms with Gasteiger partial charge in [-0.15, -0.1) is 0 Å². The molecule has 0 saturated heterocycles. The molecule has 2 heterocycles. The number of aromatic nitrogens is 1. The fourth-order valence-electron chi connectivity index (χ4n) is 2.55. The Hall–Kier alpha value is -2.04. The van der Waals surface area contributed by atoms with Gasteiger partial charge < -0.3 is 15.8 Å². The zero-order chi connectivity index (χ0) is 14.2. The molecule has 1 aliphatic heterocycles. The van der Waals surface area contributed by atoms with E-state index < -0.39 is 5.91 Å². The number of pyridine rings is 1. The largest absolute Gasteiger partial charge is 0.478 e. The number of aryl methyl sites for hydroxylation is 1. The lowest BCUT2D eigenvalue weighted by Gasteiger charge is -2.29. The standard InChI is InChI=1S/C14H19N3O2/c1-5-19-14-11-8(3)10(13(15)18)9(4)17-12(11)7(2)6-16-14/h6,8,17H,5H2,1-4H3,(H2,15,18). The second kappa shape index (κ2) is 4.91. The van der Waals surface area contributed by atoms with Crippen LogP contribution >= 0.6 is 0 Å². The molecule has 0 aliphatic carbocycles. The van der Waals surface area contributed by atoms with Gasteiger partial charge in [-0.1, -0.05) is 6.92 Å². The van der Waals surface area contributed by atoms with Crippen LogP contribution in [0.25, 0.3) is 0 Å². The molecule has 1 atom stereocenters. The number of hydrogen-bond acceptors (Lipinski definition) is 4. The van der Waals surface area contributed by atoms with Crippen LogP contribution in [0.15, 0.2) is 17.5 Å². The van der Waals surface area contributed by atoms with Crippen molar-refractivity contribution in [2.24, 2.45) is 5.73 Å². The molecule has 0 saturated carbocycles. The summed E-state index contributed by atoms with van der Waals surface area (Å²) in [6, 6.07) is 0. The number of nitrogens with two attached hydrogens (primary N) is 1. The summed E-state index contributed by atoms with van der Waals surface area (Å²) in [6.45, 7) is 8.23. The predicted molar refractivity (Wildman–Crippen MR) is 74.1 cm³/mol. The van der Waals surface area contributed by atoms with Crippen LogP contribution in [0.1, 0.15) is 37.8 Å². The highest BCUT2D eigenvalue weighted by Gasteiger charge is 2.30. The van der Waals surface area contributed by atoms with Crippen molar-refractivity contribution >= 4 is 11.6 Å². The van der Waals surface area contributed by atoms with Gasteiger partial charge in [0.05, 0.1) is 12.3 Å². The lowest BCUT2D eigenvalue weighted by molar-refractivity contribution is -0.114. The van der Waals surface area contributed by atoms with E-state index in [1.54, 1.807) is 6.20 Å². The van der Waals surface area contributed by atoms with Crippen LogP contribution in [-0.2, 0) is 4.79 Å². The van der Waals surface area contributed by atoms with E-state index in [1.807, 2.05) is 27.7 Å². The number of ether oxygens (including phenoxy) is 1. The Kier molecular flexibility index (Phi) is 3.46. The smallest absolute Gasteiger partial charge is 0.246 e. The maximum atomic E-state index is 11.6. The summed E-state index contributed by atoms with van der Waals surface area (Å²) in [6.07, 6.45) is 1.77. The van der Waals surface area contributed by atoms with Crippen molar-refractivity contribution in [1.29, 1.82) is 0 Å². The van der Waals surface area contributed by atoms with Crippen molar-refractivity contribution < 1.29 is 9.53 Å². The van der Waals surface area contributed by atoms with E-state index >= 15 is 0 Å². The lowest BCUT2D eigenvalue weighted by Crippen LogP contribution is -2.26. The quantitative estimate of drug-likeness (QED) is 0.873. The minimum atomic E-state index is -0.410. The van der Waals surface area contributed by atoms with E-state index in [0.29, 0.717) is 18.1 Å². The third-order valence-corrected chi connectivity index (χ3v) is 3.40. The van der Waals surface area contributed by atoms with Crippen molar-refractivity contribution in [3.63, 3.8) is 0 Å². The molecule has 1 aliphatic rings. The van der Waals surface area contributed by atoms with Gasteiger partial charge in [0.25, 0.3) is 0 Å². The second-order valence-electron chi connectivity index (χ2n) is 4.72. The van der Waals surface area contributed by atoms with Crippen LogP contribution < -0.4 is 15.8 Å². The summed E-state index contributed by atoms with van der Waals surface area (Å²) in [7, 11) is 0. The molecule has 5 heteroatoms. The van der Waals surface area contributed by atoms with Crippen molar-refractivity contribution in [2.75, 3.05) is 11.9 Å².